The molecule has 2 N–H and O–H groups in total. The molecule has 5 nitrogen and oxygen atoms in total. The molecule has 0 aliphatic heterocycles. The number of aryl methyl sites for hydroxylation is 2. The highest BCUT2D eigenvalue weighted by Gasteiger charge is 2.15. The van der Waals surface area contributed by atoms with Crippen LogP contribution >= 0.6 is 12.2 Å². The topological polar surface area (TPSA) is 51.8 Å². The van der Waals surface area contributed by atoms with E-state index in [1.165, 1.54) is 5.56 Å². The summed E-state index contributed by atoms with van der Waals surface area (Å²) in [5.41, 5.74) is 4.23. The number of benzene rings is 2. The van der Waals surface area contributed by atoms with Crippen molar-refractivity contribution in [2.75, 3.05) is 26.6 Å². The zero-order valence-corrected chi connectivity index (χ0v) is 16.0. The number of ether oxygens (including phenoxy) is 3. The van der Waals surface area contributed by atoms with Gasteiger partial charge in [0.2, 0.25) is 5.75 Å². The molecule has 0 fully saturated rings. The fourth-order valence-corrected chi connectivity index (χ4v) is 2.70. The Morgan fingerprint density at radius 2 is 1.68 bits per heavy atom. The van der Waals surface area contributed by atoms with E-state index in [9.17, 15) is 0 Å². The summed E-state index contributed by atoms with van der Waals surface area (Å²) in [4.78, 5) is 0. The van der Waals surface area contributed by atoms with E-state index in [0.717, 1.165) is 16.8 Å². The van der Waals surface area contributed by atoms with Crippen LogP contribution in [-0.4, -0.2) is 26.4 Å². The van der Waals surface area contributed by atoms with Crippen molar-refractivity contribution in [3.8, 4) is 17.2 Å². The molecule has 0 bridgehead atoms. The fraction of sp³-hybridized carbons (Fsp3) is 0.316. The van der Waals surface area contributed by atoms with E-state index in [2.05, 4.69) is 35.8 Å². The zero-order chi connectivity index (χ0) is 18.4. The van der Waals surface area contributed by atoms with Crippen molar-refractivity contribution in [2.45, 2.75) is 20.4 Å². The van der Waals surface area contributed by atoms with Crippen LogP contribution in [0.5, 0.6) is 17.2 Å². The average Bonchev–Trinajstić information content (AvgIpc) is 2.61. The van der Waals surface area contributed by atoms with Crippen LogP contribution in [0.1, 0.15) is 16.7 Å². The van der Waals surface area contributed by atoms with Crippen molar-refractivity contribution in [1.82, 2.24) is 5.32 Å². The van der Waals surface area contributed by atoms with Gasteiger partial charge in [0.25, 0.3) is 0 Å². The van der Waals surface area contributed by atoms with Gasteiger partial charge in [0.1, 0.15) is 0 Å². The van der Waals surface area contributed by atoms with E-state index in [1.807, 2.05) is 19.1 Å². The van der Waals surface area contributed by atoms with Crippen molar-refractivity contribution in [3.63, 3.8) is 0 Å². The lowest BCUT2D eigenvalue weighted by Crippen LogP contribution is -2.28. The van der Waals surface area contributed by atoms with Crippen molar-refractivity contribution >= 4 is 23.0 Å². The Morgan fingerprint density at radius 3 is 2.32 bits per heavy atom. The maximum Gasteiger partial charge on any atom is 0.203 e. The molecule has 2 aromatic carbocycles. The normalized spacial score (nSPS) is 10.1. The van der Waals surface area contributed by atoms with Gasteiger partial charge in [-0.1, -0.05) is 12.1 Å². The second-order valence-corrected chi connectivity index (χ2v) is 6.03. The molecule has 0 heterocycles. The van der Waals surface area contributed by atoms with Crippen LogP contribution in [0.2, 0.25) is 0 Å². The summed E-state index contributed by atoms with van der Waals surface area (Å²) in [6.45, 7) is 4.59. The molecule has 25 heavy (non-hydrogen) atoms. The Labute approximate surface area is 154 Å². The molecular weight excluding hydrogens is 336 g/mol. The zero-order valence-electron chi connectivity index (χ0n) is 15.2. The van der Waals surface area contributed by atoms with Gasteiger partial charge in [-0.15, -0.1) is 0 Å². The van der Waals surface area contributed by atoms with Gasteiger partial charge in [0, 0.05) is 17.8 Å². The molecule has 0 saturated heterocycles. The predicted molar refractivity (Wildman–Crippen MR) is 105 cm³/mol. The Hall–Kier alpha value is -2.47. The van der Waals surface area contributed by atoms with Crippen LogP contribution < -0.4 is 24.8 Å². The van der Waals surface area contributed by atoms with E-state index < -0.39 is 0 Å². The molecule has 0 aliphatic carbocycles. The third-order valence-electron chi connectivity index (χ3n) is 3.87. The van der Waals surface area contributed by atoms with Crippen LogP contribution in [0.15, 0.2) is 30.3 Å². The van der Waals surface area contributed by atoms with Gasteiger partial charge in [-0.2, -0.15) is 0 Å². The van der Waals surface area contributed by atoms with Crippen LogP contribution in [0.25, 0.3) is 0 Å². The minimum atomic E-state index is 0.500. The number of rotatable bonds is 6. The first kappa shape index (κ1) is 18.9. The third kappa shape index (κ3) is 4.54. The number of hydrogen-bond acceptors (Lipinski definition) is 4. The summed E-state index contributed by atoms with van der Waals surface area (Å²) in [7, 11) is 4.79. The first-order valence-electron chi connectivity index (χ1n) is 7.90. The van der Waals surface area contributed by atoms with Crippen molar-refractivity contribution in [3.05, 3.63) is 47.0 Å². The largest absolute Gasteiger partial charge is 0.493 e. The quantitative estimate of drug-likeness (QED) is 0.764. The minimum absolute atomic E-state index is 0.500. The van der Waals surface area contributed by atoms with E-state index in [-0.39, 0.29) is 0 Å². The van der Waals surface area contributed by atoms with E-state index in [1.54, 1.807) is 21.3 Å². The first-order valence-corrected chi connectivity index (χ1v) is 8.31. The Bertz CT molecular complexity index is 763. The molecule has 2 rings (SSSR count). The Kier molecular flexibility index (Phi) is 6.47. The lowest BCUT2D eigenvalue weighted by molar-refractivity contribution is 0.322. The summed E-state index contributed by atoms with van der Waals surface area (Å²) < 4.78 is 16.2. The van der Waals surface area contributed by atoms with Crippen LogP contribution in [0.4, 0.5) is 5.69 Å². The molecular formula is C19H24N2O3S. The summed E-state index contributed by atoms with van der Waals surface area (Å²) in [6.07, 6.45) is 0. The second kappa shape index (κ2) is 8.58. The van der Waals surface area contributed by atoms with Gasteiger partial charge >= 0.3 is 0 Å². The maximum atomic E-state index is 5.49. The first-order chi connectivity index (χ1) is 12.0. The van der Waals surface area contributed by atoms with Gasteiger partial charge in [-0.3, -0.25) is 0 Å². The maximum absolute atomic E-state index is 5.49. The summed E-state index contributed by atoms with van der Waals surface area (Å²) in [5.74, 6) is 1.82. The SMILES string of the molecule is COc1ccc(CNC(=S)Nc2cc(C)ccc2C)c(OC)c1OC. The Balaban J connectivity index is 2.10. The minimum Gasteiger partial charge on any atom is -0.493 e. The summed E-state index contributed by atoms with van der Waals surface area (Å²) in [6, 6.07) is 9.98. The molecule has 0 unspecified atom stereocenters. The number of hydrogen-bond donors (Lipinski definition) is 2. The van der Waals surface area contributed by atoms with Crippen LogP contribution in [-0.2, 0) is 6.54 Å². The van der Waals surface area contributed by atoms with Gasteiger partial charge < -0.3 is 24.8 Å². The summed E-state index contributed by atoms with van der Waals surface area (Å²) >= 11 is 5.41. The Morgan fingerprint density at radius 1 is 0.960 bits per heavy atom. The molecule has 6 heteroatoms. The standard InChI is InChI=1S/C19H24N2O3S/c1-12-6-7-13(2)15(10-12)21-19(25)20-11-14-8-9-16(22-3)18(24-5)17(14)23-4/h6-10H,11H2,1-5H3,(H2,20,21,25). The van der Waals surface area contributed by atoms with Crippen LogP contribution in [0, 0.1) is 13.8 Å². The average molecular weight is 360 g/mol. The van der Waals surface area contributed by atoms with E-state index >= 15 is 0 Å². The second-order valence-electron chi connectivity index (χ2n) is 5.62. The lowest BCUT2D eigenvalue weighted by atomic mass is 10.1. The molecule has 0 spiro atoms. The number of anilines is 1. The highest BCUT2D eigenvalue weighted by Crippen LogP contribution is 2.39. The smallest absolute Gasteiger partial charge is 0.203 e. The van der Waals surface area contributed by atoms with Gasteiger partial charge in [-0.25, -0.2) is 0 Å². The van der Waals surface area contributed by atoms with Crippen molar-refractivity contribution in [2.24, 2.45) is 0 Å². The van der Waals surface area contributed by atoms with Crippen molar-refractivity contribution in [1.29, 1.82) is 0 Å². The highest BCUT2D eigenvalue weighted by atomic mass is 32.1. The van der Waals surface area contributed by atoms with Crippen LogP contribution in [0.3, 0.4) is 0 Å². The van der Waals surface area contributed by atoms with Gasteiger partial charge in [0.15, 0.2) is 16.6 Å². The monoisotopic (exact) mass is 360 g/mol. The molecule has 0 aromatic heterocycles. The van der Waals surface area contributed by atoms with Gasteiger partial charge in [0.05, 0.1) is 21.3 Å². The molecule has 0 amide bonds. The third-order valence-corrected chi connectivity index (χ3v) is 4.11. The predicted octanol–water partition coefficient (Wildman–Crippen LogP) is 3.82. The number of methoxy groups -OCH3 is 3. The van der Waals surface area contributed by atoms with Crippen molar-refractivity contribution < 1.29 is 14.2 Å². The van der Waals surface area contributed by atoms with E-state index in [4.69, 9.17) is 26.4 Å². The van der Waals surface area contributed by atoms with E-state index in [0.29, 0.717) is 28.9 Å². The molecule has 0 saturated carbocycles. The molecule has 0 aliphatic rings. The molecule has 0 radical (unpaired) electrons. The highest BCUT2D eigenvalue weighted by molar-refractivity contribution is 7.80. The number of thiocarbonyl (C=S) groups is 1. The number of nitrogens with one attached hydrogen (secondary N) is 2. The summed E-state index contributed by atoms with van der Waals surface area (Å²) in [5, 5.41) is 6.98. The lowest BCUT2D eigenvalue weighted by Gasteiger charge is -2.17. The van der Waals surface area contributed by atoms with Gasteiger partial charge in [-0.05, 0) is 55.4 Å². The fourth-order valence-electron chi connectivity index (χ4n) is 2.51. The molecule has 134 valence electrons. The molecule has 2 aromatic rings. The molecule has 0 atom stereocenters.